The number of halogens is 1. The van der Waals surface area contributed by atoms with Crippen LogP contribution in [0.3, 0.4) is 0 Å². The third-order valence-electron chi connectivity index (χ3n) is 5.62. The molecular formula is C19H27F. The van der Waals surface area contributed by atoms with Gasteiger partial charge in [-0.1, -0.05) is 45.1 Å². The molecule has 0 radical (unpaired) electrons. The summed E-state index contributed by atoms with van der Waals surface area (Å²) < 4.78 is 13.2. The second kappa shape index (κ2) is 6.28. The minimum absolute atomic E-state index is 0.0708. The molecule has 2 aliphatic rings. The molecule has 3 rings (SSSR count). The van der Waals surface area contributed by atoms with E-state index >= 15 is 0 Å². The fourth-order valence-electron chi connectivity index (χ4n) is 4.13. The second-order valence-electron chi connectivity index (χ2n) is 7.23. The highest BCUT2D eigenvalue weighted by molar-refractivity contribution is 5.30. The number of aryl methyl sites for hydroxylation is 1. The third kappa shape index (κ3) is 3.42. The maximum Gasteiger partial charge on any atom is 0.123 e. The second-order valence-corrected chi connectivity index (χ2v) is 7.23. The average Bonchev–Trinajstić information content (AvgIpc) is 2.46. The Morgan fingerprint density at radius 2 is 1.70 bits per heavy atom. The largest absolute Gasteiger partial charge is 0.207 e. The lowest BCUT2D eigenvalue weighted by atomic mass is 9.76. The lowest BCUT2D eigenvalue weighted by Crippen LogP contribution is -2.17. The van der Waals surface area contributed by atoms with Crippen LogP contribution in [0.2, 0.25) is 0 Å². The van der Waals surface area contributed by atoms with Gasteiger partial charge >= 0.3 is 0 Å². The van der Waals surface area contributed by atoms with E-state index in [9.17, 15) is 4.39 Å². The molecule has 1 atom stereocenters. The van der Waals surface area contributed by atoms with Crippen molar-refractivity contribution in [3.05, 3.63) is 35.1 Å². The molecule has 0 heterocycles. The van der Waals surface area contributed by atoms with Crippen molar-refractivity contribution in [3.63, 3.8) is 0 Å². The fourth-order valence-corrected chi connectivity index (χ4v) is 4.13. The maximum absolute atomic E-state index is 13.2. The Balaban J connectivity index is 1.49. The van der Waals surface area contributed by atoms with Gasteiger partial charge in [-0.15, -0.1) is 0 Å². The van der Waals surface area contributed by atoms with Gasteiger partial charge in [0.15, 0.2) is 0 Å². The Kier molecular flexibility index (Phi) is 4.43. The summed E-state index contributed by atoms with van der Waals surface area (Å²) in [6, 6.07) is 5.39. The summed E-state index contributed by atoms with van der Waals surface area (Å²) in [6.45, 7) is 2.40. The normalized spacial score (nSPS) is 30.0. The summed E-state index contributed by atoms with van der Waals surface area (Å²) in [5, 5.41) is 0. The van der Waals surface area contributed by atoms with Crippen LogP contribution in [-0.2, 0) is 12.8 Å². The van der Waals surface area contributed by atoms with Crippen molar-refractivity contribution in [2.24, 2.45) is 17.8 Å². The van der Waals surface area contributed by atoms with E-state index in [-0.39, 0.29) is 5.82 Å². The lowest BCUT2D eigenvalue weighted by Gasteiger charge is -2.29. The van der Waals surface area contributed by atoms with Crippen molar-refractivity contribution in [1.82, 2.24) is 0 Å². The van der Waals surface area contributed by atoms with Gasteiger partial charge in [0.25, 0.3) is 0 Å². The monoisotopic (exact) mass is 274 g/mol. The summed E-state index contributed by atoms with van der Waals surface area (Å²) >= 11 is 0. The van der Waals surface area contributed by atoms with E-state index in [4.69, 9.17) is 0 Å². The molecule has 20 heavy (non-hydrogen) atoms. The van der Waals surface area contributed by atoms with Crippen LogP contribution < -0.4 is 0 Å². The number of hydrogen-bond acceptors (Lipinski definition) is 0. The van der Waals surface area contributed by atoms with Crippen LogP contribution in [0.15, 0.2) is 18.2 Å². The molecule has 1 fully saturated rings. The summed E-state index contributed by atoms with van der Waals surface area (Å²) in [5.41, 5.74) is 2.66. The van der Waals surface area contributed by atoms with Crippen LogP contribution >= 0.6 is 0 Å². The first-order chi connectivity index (χ1) is 9.70. The van der Waals surface area contributed by atoms with Crippen LogP contribution in [0.1, 0.15) is 63.0 Å². The van der Waals surface area contributed by atoms with Gasteiger partial charge in [0.1, 0.15) is 5.82 Å². The van der Waals surface area contributed by atoms with Gasteiger partial charge < -0.3 is 0 Å². The molecule has 1 unspecified atom stereocenters. The van der Waals surface area contributed by atoms with E-state index in [0.29, 0.717) is 0 Å². The first-order valence-electron chi connectivity index (χ1n) is 8.48. The Morgan fingerprint density at radius 1 is 0.950 bits per heavy atom. The van der Waals surface area contributed by atoms with Crippen molar-refractivity contribution in [1.29, 1.82) is 0 Å². The average molecular weight is 274 g/mol. The van der Waals surface area contributed by atoms with E-state index in [1.54, 1.807) is 12.1 Å². The number of fused-ring (bicyclic) bond motifs is 1. The molecule has 0 saturated heterocycles. The minimum atomic E-state index is -0.0708. The van der Waals surface area contributed by atoms with Crippen LogP contribution in [0.4, 0.5) is 4.39 Å². The molecule has 1 heteroatoms. The molecule has 0 amide bonds. The van der Waals surface area contributed by atoms with E-state index in [2.05, 4.69) is 6.92 Å². The topological polar surface area (TPSA) is 0 Å². The molecule has 0 aliphatic heterocycles. The van der Waals surface area contributed by atoms with Gasteiger partial charge in [0.2, 0.25) is 0 Å². The summed E-state index contributed by atoms with van der Waals surface area (Å²) in [5.74, 6) is 2.72. The highest BCUT2D eigenvalue weighted by atomic mass is 19.1. The van der Waals surface area contributed by atoms with Crippen LogP contribution in [-0.4, -0.2) is 0 Å². The van der Waals surface area contributed by atoms with Gasteiger partial charge in [-0.25, -0.2) is 4.39 Å². The van der Waals surface area contributed by atoms with Crippen molar-refractivity contribution >= 4 is 0 Å². The zero-order valence-corrected chi connectivity index (χ0v) is 12.7. The SMILES string of the molecule is CC1CCC(CCC2CCc3cc(F)ccc3C2)CC1. The molecule has 0 N–H and O–H groups in total. The number of hydrogen-bond donors (Lipinski definition) is 0. The van der Waals surface area contributed by atoms with E-state index in [0.717, 1.165) is 24.2 Å². The molecule has 110 valence electrons. The number of rotatable bonds is 3. The molecular weight excluding hydrogens is 247 g/mol. The molecule has 2 aliphatic carbocycles. The molecule has 0 aromatic heterocycles. The lowest BCUT2D eigenvalue weighted by molar-refractivity contribution is 0.255. The Hall–Kier alpha value is -0.850. The van der Waals surface area contributed by atoms with Crippen LogP contribution in [0.5, 0.6) is 0 Å². The molecule has 1 aromatic carbocycles. The van der Waals surface area contributed by atoms with Gasteiger partial charge in [-0.3, -0.25) is 0 Å². The van der Waals surface area contributed by atoms with Crippen molar-refractivity contribution in [2.45, 2.75) is 64.7 Å². The summed E-state index contributed by atoms with van der Waals surface area (Å²) in [7, 11) is 0. The molecule has 1 saturated carbocycles. The molecule has 0 bridgehead atoms. The summed E-state index contributed by atoms with van der Waals surface area (Å²) in [6.07, 6.45) is 12.1. The highest BCUT2D eigenvalue weighted by Gasteiger charge is 2.22. The van der Waals surface area contributed by atoms with Gasteiger partial charge in [-0.2, -0.15) is 0 Å². The van der Waals surface area contributed by atoms with Gasteiger partial charge in [0, 0.05) is 0 Å². The standard InChI is InChI=1S/C19H27F/c1-14-2-4-15(5-3-14)6-7-16-8-9-18-13-19(20)11-10-17(18)12-16/h10-11,13-16H,2-9,12H2,1H3. The highest BCUT2D eigenvalue weighted by Crippen LogP contribution is 2.35. The zero-order valence-electron chi connectivity index (χ0n) is 12.7. The minimum Gasteiger partial charge on any atom is -0.207 e. The first-order valence-corrected chi connectivity index (χ1v) is 8.48. The molecule has 0 nitrogen and oxygen atoms in total. The van der Waals surface area contributed by atoms with Crippen molar-refractivity contribution in [3.8, 4) is 0 Å². The van der Waals surface area contributed by atoms with E-state index in [1.807, 2.05) is 6.07 Å². The molecule has 1 aromatic rings. The Labute approximate surface area is 122 Å². The maximum atomic E-state index is 13.2. The predicted octanol–water partition coefficient (Wildman–Crippen LogP) is 5.54. The first kappa shape index (κ1) is 14.1. The smallest absolute Gasteiger partial charge is 0.123 e. The van der Waals surface area contributed by atoms with Crippen molar-refractivity contribution in [2.75, 3.05) is 0 Å². The van der Waals surface area contributed by atoms with Crippen LogP contribution in [0, 0.1) is 23.6 Å². The summed E-state index contributed by atoms with van der Waals surface area (Å²) in [4.78, 5) is 0. The quantitative estimate of drug-likeness (QED) is 0.679. The fraction of sp³-hybridized carbons (Fsp3) is 0.684. The van der Waals surface area contributed by atoms with Crippen LogP contribution in [0.25, 0.3) is 0 Å². The van der Waals surface area contributed by atoms with Gasteiger partial charge in [0.05, 0.1) is 0 Å². The molecule has 0 spiro atoms. The number of benzene rings is 1. The predicted molar refractivity (Wildman–Crippen MR) is 82.3 cm³/mol. The van der Waals surface area contributed by atoms with E-state index < -0.39 is 0 Å². The third-order valence-corrected chi connectivity index (χ3v) is 5.62. The van der Waals surface area contributed by atoms with Gasteiger partial charge in [-0.05, 0) is 66.7 Å². The zero-order chi connectivity index (χ0) is 13.9. The van der Waals surface area contributed by atoms with E-state index in [1.165, 1.54) is 62.5 Å². The Morgan fingerprint density at radius 3 is 2.50 bits per heavy atom. The Bertz CT molecular complexity index is 443. The van der Waals surface area contributed by atoms with Crippen molar-refractivity contribution < 1.29 is 4.39 Å².